The zero-order chi connectivity index (χ0) is 14.2. The third kappa shape index (κ3) is 4.87. The van der Waals surface area contributed by atoms with Crippen LogP contribution in [0.25, 0.3) is 0 Å². The van der Waals surface area contributed by atoms with Crippen LogP contribution in [0, 0.1) is 0 Å². The average molecular weight is 295 g/mol. The number of nitrogens with one attached hydrogen (secondary N) is 1. The Morgan fingerprint density at radius 1 is 1.20 bits per heavy atom. The molecule has 20 heavy (non-hydrogen) atoms. The molecule has 2 rings (SSSR count). The molecule has 1 aromatic rings. The Morgan fingerprint density at radius 3 is 2.85 bits per heavy atom. The lowest BCUT2D eigenvalue weighted by atomic mass is 9.98. The highest BCUT2D eigenvalue weighted by Crippen LogP contribution is 2.25. The summed E-state index contributed by atoms with van der Waals surface area (Å²) in [4.78, 5) is 5.75. The van der Waals surface area contributed by atoms with Crippen molar-refractivity contribution in [1.82, 2.24) is 10.2 Å². The zero-order valence-corrected chi connectivity index (χ0v) is 14.0. The van der Waals surface area contributed by atoms with Crippen molar-refractivity contribution in [3.63, 3.8) is 0 Å². The van der Waals surface area contributed by atoms with E-state index in [1.54, 1.807) is 4.88 Å². The molecule has 0 radical (unpaired) electrons. The molecule has 0 spiro atoms. The molecule has 1 unspecified atom stereocenters. The van der Waals surface area contributed by atoms with Crippen LogP contribution in [0.4, 0.5) is 0 Å². The Labute approximate surface area is 128 Å². The second-order valence-corrected chi connectivity index (χ2v) is 7.21. The third-order valence-corrected chi connectivity index (χ3v) is 5.24. The van der Waals surface area contributed by atoms with E-state index in [1.165, 1.54) is 56.5 Å². The minimum absolute atomic E-state index is 0.831. The smallest absolute Gasteiger partial charge is 0.0330 e. The van der Waals surface area contributed by atoms with Crippen molar-refractivity contribution >= 4 is 11.3 Å². The first-order chi connectivity index (χ1) is 9.83. The van der Waals surface area contributed by atoms with Gasteiger partial charge < -0.3 is 5.32 Å². The first-order valence-electron chi connectivity index (χ1n) is 8.35. The quantitative estimate of drug-likeness (QED) is 0.715. The molecule has 114 valence electrons. The minimum atomic E-state index is 0.831. The van der Waals surface area contributed by atoms with Crippen LogP contribution >= 0.6 is 11.3 Å². The summed E-state index contributed by atoms with van der Waals surface area (Å²) in [5.74, 6) is 0. The molecule has 2 nitrogen and oxygen atoms in total. The summed E-state index contributed by atoms with van der Waals surface area (Å²) < 4.78 is 0. The Bertz CT molecular complexity index is 373. The summed E-state index contributed by atoms with van der Waals surface area (Å²) in [7, 11) is 0. The number of thiophene rings is 1. The monoisotopic (exact) mass is 294 g/mol. The number of nitrogens with zero attached hydrogens (tertiary/aromatic N) is 1. The van der Waals surface area contributed by atoms with Gasteiger partial charge >= 0.3 is 0 Å². The van der Waals surface area contributed by atoms with Gasteiger partial charge in [0, 0.05) is 28.9 Å². The maximum Gasteiger partial charge on any atom is 0.0330 e. The molecule has 1 atom stereocenters. The fraction of sp³-hybridized carbons (Fsp3) is 0.765. The van der Waals surface area contributed by atoms with Gasteiger partial charge in [0.25, 0.3) is 0 Å². The normalized spacial score (nSPS) is 20.4. The van der Waals surface area contributed by atoms with Crippen LogP contribution in [0.1, 0.15) is 62.1 Å². The maximum absolute atomic E-state index is 3.49. The van der Waals surface area contributed by atoms with Crippen molar-refractivity contribution in [3.05, 3.63) is 21.9 Å². The van der Waals surface area contributed by atoms with Gasteiger partial charge in [-0.1, -0.05) is 26.7 Å². The minimum Gasteiger partial charge on any atom is -0.312 e. The number of likely N-dealkylation sites (tertiary alicyclic amines) is 1. The Hall–Kier alpha value is -0.380. The fourth-order valence-electron chi connectivity index (χ4n) is 3.12. The summed E-state index contributed by atoms with van der Waals surface area (Å²) in [6, 6.07) is 5.48. The van der Waals surface area contributed by atoms with Crippen molar-refractivity contribution in [2.75, 3.05) is 13.1 Å². The van der Waals surface area contributed by atoms with Crippen molar-refractivity contribution in [2.24, 2.45) is 0 Å². The van der Waals surface area contributed by atoms with Crippen LogP contribution in [0.5, 0.6) is 0 Å². The van der Waals surface area contributed by atoms with Gasteiger partial charge in [0.05, 0.1) is 0 Å². The molecule has 1 saturated heterocycles. The molecule has 2 heterocycles. The van der Waals surface area contributed by atoms with Gasteiger partial charge in [0.15, 0.2) is 0 Å². The van der Waals surface area contributed by atoms with E-state index in [0.29, 0.717) is 0 Å². The van der Waals surface area contributed by atoms with Crippen molar-refractivity contribution in [3.8, 4) is 0 Å². The first kappa shape index (κ1) is 16.0. The summed E-state index contributed by atoms with van der Waals surface area (Å²) >= 11 is 1.99. The van der Waals surface area contributed by atoms with Gasteiger partial charge in [0.1, 0.15) is 0 Å². The van der Waals surface area contributed by atoms with Crippen LogP contribution in [0.3, 0.4) is 0 Å². The standard InChI is InChI=1S/C17H30N2S/c1-3-7-15-8-5-6-12-19(15)14-17-10-9-16(20-17)13-18-11-4-2/h9-10,15,18H,3-8,11-14H2,1-2H3. The molecule has 0 saturated carbocycles. The van der Waals surface area contributed by atoms with Crippen molar-refractivity contribution < 1.29 is 0 Å². The topological polar surface area (TPSA) is 15.3 Å². The van der Waals surface area contributed by atoms with E-state index < -0.39 is 0 Å². The van der Waals surface area contributed by atoms with E-state index >= 15 is 0 Å². The van der Waals surface area contributed by atoms with E-state index in [-0.39, 0.29) is 0 Å². The van der Waals surface area contributed by atoms with Crippen LogP contribution in [-0.4, -0.2) is 24.0 Å². The van der Waals surface area contributed by atoms with Crippen LogP contribution < -0.4 is 5.32 Å². The van der Waals surface area contributed by atoms with Gasteiger partial charge in [-0.25, -0.2) is 0 Å². The van der Waals surface area contributed by atoms with Gasteiger partial charge in [0.2, 0.25) is 0 Å². The molecule has 0 bridgehead atoms. The van der Waals surface area contributed by atoms with E-state index in [4.69, 9.17) is 0 Å². The summed E-state index contributed by atoms with van der Waals surface area (Å²) in [6.45, 7) is 9.16. The van der Waals surface area contributed by atoms with Crippen molar-refractivity contribution in [1.29, 1.82) is 0 Å². The number of piperidine rings is 1. The molecular weight excluding hydrogens is 264 g/mol. The average Bonchev–Trinajstić information content (AvgIpc) is 2.89. The molecule has 0 amide bonds. The Morgan fingerprint density at radius 2 is 2.05 bits per heavy atom. The highest BCUT2D eigenvalue weighted by molar-refractivity contribution is 7.11. The SMILES string of the molecule is CCCNCc1ccc(CN2CCCCC2CCC)s1. The highest BCUT2D eigenvalue weighted by Gasteiger charge is 2.21. The number of hydrogen-bond donors (Lipinski definition) is 1. The first-order valence-corrected chi connectivity index (χ1v) is 9.17. The lowest BCUT2D eigenvalue weighted by Crippen LogP contribution is -2.38. The lowest BCUT2D eigenvalue weighted by Gasteiger charge is -2.35. The van der Waals surface area contributed by atoms with Gasteiger partial charge in [-0.05, 0) is 50.9 Å². The highest BCUT2D eigenvalue weighted by atomic mass is 32.1. The zero-order valence-electron chi connectivity index (χ0n) is 13.2. The Kier molecular flexibility index (Phi) is 7.05. The van der Waals surface area contributed by atoms with E-state index in [1.807, 2.05) is 11.3 Å². The lowest BCUT2D eigenvalue weighted by molar-refractivity contribution is 0.133. The molecule has 1 aliphatic rings. The largest absolute Gasteiger partial charge is 0.312 e. The van der Waals surface area contributed by atoms with Gasteiger partial charge in [-0.2, -0.15) is 0 Å². The number of hydrogen-bond acceptors (Lipinski definition) is 3. The fourth-order valence-corrected chi connectivity index (χ4v) is 4.13. The summed E-state index contributed by atoms with van der Waals surface area (Å²) in [6.07, 6.45) is 8.12. The molecule has 1 aliphatic heterocycles. The predicted molar refractivity (Wildman–Crippen MR) is 89.3 cm³/mol. The maximum atomic E-state index is 3.49. The predicted octanol–water partition coefficient (Wildman–Crippen LogP) is 4.40. The van der Waals surface area contributed by atoms with Gasteiger partial charge in [-0.15, -0.1) is 11.3 Å². The van der Waals surface area contributed by atoms with Crippen molar-refractivity contribution in [2.45, 2.75) is 71.5 Å². The molecule has 0 aromatic carbocycles. The molecule has 1 fully saturated rings. The van der Waals surface area contributed by atoms with Gasteiger partial charge in [-0.3, -0.25) is 4.90 Å². The second kappa shape index (κ2) is 8.81. The van der Waals surface area contributed by atoms with Crippen LogP contribution in [-0.2, 0) is 13.1 Å². The second-order valence-electron chi connectivity index (χ2n) is 5.95. The molecule has 3 heteroatoms. The summed E-state index contributed by atoms with van der Waals surface area (Å²) in [5.41, 5.74) is 0. The molecule has 1 aromatic heterocycles. The third-order valence-electron chi connectivity index (χ3n) is 4.17. The van der Waals surface area contributed by atoms with E-state index in [2.05, 4.69) is 36.2 Å². The van der Waals surface area contributed by atoms with E-state index in [9.17, 15) is 0 Å². The molecular formula is C17H30N2S. The van der Waals surface area contributed by atoms with Crippen LogP contribution in [0.2, 0.25) is 0 Å². The molecule has 1 N–H and O–H groups in total. The van der Waals surface area contributed by atoms with E-state index in [0.717, 1.165) is 19.1 Å². The number of rotatable bonds is 8. The van der Waals surface area contributed by atoms with Crippen LogP contribution in [0.15, 0.2) is 12.1 Å². The molecule has 0 aliphatic carbocycles. The Balaban J connectivity index is 1.84. The summed E-state index contributed by atoms with van der Waals surface area (Å²) in [5, 5.41) is 3.49.